The number of hydrogen-bond donors (Lipinski definition) is 2. The van der Waals surface area contributed by atoms with E-state index < -0.39 is 6.09 Å². The summed E-state index contributed by atoms with van der Waals surface area (Å²) in [6.45, 7) is 0.739. The lowest BCUT2D eigenvalue weighted by molar-refractivity contribution is 0.140. The second kappa shape index (κ2) is 7.42. The van der Waals surface area contributed by atoms with Gasteiger partial charge in [-0.1, -0.05) is 30.3 Å². The zero-order chi connectivity index (χ0) is 11.6. The quantitative estimate of drug-likeness (QED) is 0.580. The van der Waals surface area contributed by atoms with Crippen LogP contribution in [0.15, 0.2) is 35.4 Å². The summed E-state index contributed by atoms with van der Waals surface area (Å²) in [6, 6.07) is 9.43. The minimum atomic E-state index is -0.572. The van der Waals surface area contributed by atoms with Crippen LogP contribution in [0.2, 0.25) is 0 Å². The maximum atomic E-state index is 11.1. The fraction of sp³-hybridized carbons (Fsp3) is 0.273. The van der Waals surface area contributed by atoms with Crippen LogP contribution in [0.4, 0.5) is 4.79 Å². The number of amides is 1. The number of carbonyl (C=O) groups excluding carboxylic acids is 1. The standard InChI is InChI=1S/C11H15N3O2/c12-7-4-8-13-14-11(15)16-9-10-5-2-1-3-6-10/h1-3,5-6,8H,4,7,9,12H2,(H,14,15). The van der Waals surface area contributed by atoms with Gasteiger partial charge in [-0.3, -0.25) is 0 Å². The Labute approximate surface area is 94.3 Å². The van der Waals surface area contributed by atoms with E-state index in [0.29, 0.717) is 13.0 Å². The molecule has 1 amide bonds. The fourth-order valence-electron chi connectivity index (χ4n) is 0.993. The zero-order valence-corrected chi connectivity index (χ0v) is 8.93. The van der Waals surface area contributed by atoms with Crippen molar-refractivity contribution in [3.05, 3.63) is 35.9 Å². The molecule has 5 heteroatoms. The van der Waals surface area contributed by atoms with Crippen molar-refractivity contribution < 1.29 is 9.53 Å². The Balaban J connectivity index is 2.20. The van der Waals surface area contributed by atoms with E-state index in [1.54, 1.807) is 0 Å². The van der Waals surface area contributed by atoms with Gasteiger partial charge in [0, 0.05) is 6.21 Å². The van der Waals surface area contributed by atoms with Crippen molar-refractivity contribution in [1.29, 1.82) is 0 Å². The van der Waals surface area contributed by atoms with Gasteiger partial charge in [0.2, 0.25) is 0 Å². The number of nitrogens with one attached hydrogen (secondary N) is 1. The lowest BCUT2D eigenvalue weighted by Crippen LogP contribution is -2.18. The van der Waals surface area contributed by atoms with Crippen molar-refractivity contribution in [2.24, 2.45) is 10.8 Å². The number of rotatable bonds is 5. The molecule has 0 radical (unpaired) electrons. The van der Waals surface area contributed by atoms with Gasteiger partial charge >= 0.3 is 6.09 Å². The first kappa shape index (κ1) is 12.2. The average Bonchev–Trinajstić information content (AvgIpc) is 2.33. The molecule has 3 N–H and O–H groups in total. The summed E-state index contributed by atoms with van der Waals surface area (Å²) in [5.41, 5.74) is 8.42. The van der Waals surface area contributed by atoms with Crippen LogP contribution in [0.1, 0.15) is 12.0 Å². The van der Waals surface area contributed by atoms with Crippen LogP contribution in [-0.2, 0) is 11.3 Å². The van der Waals surface area contributed by atoms with Crippen LogP contribution >= 0.6 is 0 Å². The van der Waals surface area contributed by atoms with Crippen LogP contribution < -0.4 is 11.2 Å². The highest BCUT2D eigenvalue weighted by Crippen LogP contribution is 2.00. The van der Waals surface area contributed by atoms with Gasteiger partial charge < -0.3 is 10.5 Å². The molecule has 16 heavy (non-hydrogen) atoms. The Morgan fingerprint density at radius 2 is 2.19 bits per heavy atom. The first-order valence-electron chi connectivity index (χ1n) is 5.01. The SMILES string of the molecule is NCCC=NNC(=O)OCc1ccccc1. The van der Waals surface area contributed by atoms with Gasteiger partial charge in [0.25, 0.3) is 0 Å². The molecule has 0 aromatic heterocycles. The number of hydrazone groups is 1. The average molecular weight is 221 g/mol. The largest absolute Gasteiger partial charge is 0.443 e. The van der Waals surface area contributed by atoms with Gasteiger partial charge in [0.05, 0.1) is 0 Å². The molecule has 0 aliphatic heterocycles. The Kier molecular flexibility index (Phi) is 5.65. The summed E-state index contributed by atoms with van der Waals surface area (Å²) >= 11 is 0. The predicted molar refractivity (Wildman–Crippen MR) is 61.9 cm³/mol. The van der Waals surface area contributed by atoms with Crippen LogP contribution in [-0.4, -0.2) is 18.9 Å². The van der Waals surface area contributed by atoms with Gasteiger partial charge in [0.1, 0.15) is 6.61 Å². The van der Waals surface area contributed by atoms with Gasteiger partial charge in [-0.25, -0.2) is 10.2 Å². The number of benzene rings is 1. The number of hydrogen-bond acceptors (Lipinski definition) is 4. The predicted octanol–water partition coefficient (Wildman–Crippen LogP) is 1.25. The highest BCUT2D eigenvalue weighted by Gasteiger charge is 1.99. The van der Waals surface area contributed by atoms with Gasteiger partial charge in [-0.15, -0.1) is 0 Å². The first-order valence-corrected chi connectivity index (χ1v) is 5.01. The summed E-state index contributed by atoms with van der Waals surface area (Å²) < 4.78 is 4.91. The van der Waals surface area contributed by atoms with Crippen LogP contribution in [0.5, 0.6) is 0 Å². The number of carbonyl (C=O) groups is 1. The summed E-state index contributed by atoms with van der Waals surface area (Å²) in [5, 5.41) is 3.64. The van der Waals surface area contributed by atoms with E-state index in [4.69, 9.17) is 10.5 Å². The monoisotopic (exact) mass is 221 g/mol. The molecule has 0 spiro atoms. The Bertz CT molecular complexity index is 338. The molecule has 1 aromatic rings. The molecule has 1 aromatic carbocycles. The van der Waals surface area contributed by atoms with E-state index in [1.165, 1.54) is 6.21 Å². The molecule has 0 saturated carbocycles. The van der Waals surface area contributed by atoms with Gasteiger partial charge in [-0.05, 0) is 18.5 Å². The van der Waals surface area contributed by atoms with Crippen molar-refractivity contribution >= 4 is 12.3 Å². The summed E-state index contributed by atoms with van der Waals surface area (Å²) in [7, 11) is 0. The summed E-state index contributed by atoms with van der Waals surface area (Å²) in [6.07, 6.45) is 1.58. The third-order valence-electron chi connectivity index (χ3n) is 1.76. The molecule has 0 atom stereocenters. The highest BCUT2D eigenvalue weighted by molar-refractivity contribution is 5.69. The highest BCUT2D eigenvalue weighted by atomic mass is 16.5. The molecule has 86 valence electrons. The van der Waals surface area contributed by atoms with Crippen molar-refractivity contribution in [2.75, 3.05) is 6.54 Å². The van der Waals surface area contributed by atoms with Gasteiger partial charge in [0.15, 0.2) is 0 Å². The molecular weight excluding hydrogens is 206 g/mol. The smallest absolute Gasteiger partial charge is 0.428 e. The minimum Gasteiger partial charge on any atom is -0.443 e. The minimum absolute atomic E-state index is 0.235. The number of ether oxygens (including phenoxy) is 1. The fourth-order valence-corrected chi connectivity index (χ4v) is 0.993. The van der Waals surface area contributed by atoms with E-state index in [0.717, 1.165) is 5.56 Å². The Morgan fingerprint density at radius 1 is 1.44 bits per heavy atom. The molecule has 0 heterocycles. The Hall–Kier alpha value is -1.88. The molecule has 0 fully saturated rings. The van der Waals surface area contributed by atoms with Crippen molar-refractivity contribution in [3.63, 3.8) is 0 Å². The third kappa shape index (κ3) is 5.11. The molecule has 1 rings (SSSR count). The van der Waals surface area contributed by atoms with Crippen molar-refractivity contribution in [2.45, 2.75) is 13.0 Å². The van der Waals surface area contributed by atoms with Crippen molar-refractivity contribution in [1.82, 2.24) is 5.43 Å². The topological polar surface area (TPSA) is 76.7 Å². The number of nitrogens with two attached hydrogens (primary N) is 1. The normalized spacial score (nSPS) is 10.3. The molecule has 0 saturated heterocycles. The van der Waals surface area contributed by atoms with E-state index in [9.17, 15) is 4.79 Å². The van der Waals surface area contributed by atoms with Gasteiger partial charge in [-0.2, -0.15) is 5.10 Å². The maximum absolute atomic E-state index is 11.1. The maximum Gasteiger partial charge on any atom is 0.428 e. The lowest BCUT2D eigenvalue weighted by atomic mass is 10.2. The summed E-state index contributed by atoms with van der Waals surface area (Å²) in [4.78, 5) is 11.1. The second-order valence-corrected chi connectivity index (χ2v) is 3.06. The molecule has 0 unspecified atom stereocenters. The molecule has 5 nitrogen and oxygen atoms in total. The van der Waals surface area contributed by atoms with E-state index in [2.05, 4.69) is 10.5 Å². The van der Waals surface area contributed by atoms with Crippen LogP contribution in [0.25, 0.3) is 0 Å². The zero-order valence-electron chi connectivity index (χ0n) is 8.93. The third-order valence-corrected chi connectivity index (χ3v) is 1.76. The number of nitrogens with zero attached hydrogens (tertiary/aromatic N) is 1. The molecule has 0 aliphatic rings. The Morgan fingerprint density at radius 3 is 2.88 bits per heavy atom. The first-order chi connectivity index (χ1) is 7.83. The van der Waals surface area contributed by atoms with Crippen LogP contribution in [0.3, 0.4) is 0 Å². The van der Waals surface area contributed by atoms with E-state index in [1.807, 2.05) is 30.3 Å². The summed E-state index contributed by atoms with van der Waals surface area (Å²) in [5.74, 6) is 0. The molecule has 0 aliphatic carbocycles. The molecule has 0 bridgehead atoms. The van der Waals surface area contributed by atoms with E-state index >= 15 is 0 Å². The molecular formula is C11H15N3O2. The van der Waals surface area contributed by atoms with E-state index in [-0.39, 0.29) is 6.61 Å². The van der Waals surface area contributed by atoms with Crippen LogP contribution in [0, 0.1) is 0 Å². The lowest BCUT2D eigenvalue weighted by Gasteiger charge is -2.03. The second-order valence-electron chi connectivity index (χ2n) is 3.06. The van der Waals surface area contributed by atoms with Crippen molar-refractivity contribution in [3.8, 4) is 0 Å².